The highest BCUT2D eigenvalue weighted by Gasteiger charge is 2.46. The van der Waals surface area contributed by atoms with Crippen LogP contribution in [0.2, 0.25) is 0 Å². The molecule has 2 aromatic rings. The molecule has 1 aliphatic heterocycles. The number of hydrogen-bond acceptors (Lipinski definition) is 4. The minimum absolute atomic E-state index is 0.0746. The largest absolute Gasteiger partial charge is 0.326 e. The molecule has 144 valence electrons. The minimum atomic E-state index is -0.504. The predicted molar refractivity (Wildman–Crippen MR) is 112 cm³/mol. The third-order valence-electron chi connectivity index (χ3n) is 4.43. The van der Waals surface area contributed by atoms with Crippen LogP contribution in [0.15, 0.2) is 58.0 Å². The first-order valence-electron chi connectivity index (χ1n) is 8.89. The smallest absolute Gasteiger partial charge is 0.242 e. The van der Waals surface area contributed by atoms with Gasteiger partial charge in [0.1, 0.15) is 11.1 Å². The summed E-state index contributed by atoms with van der Waals surface area (Å²) < 4.78 is 14.0. The Bertz CT molecular complexity index is 929. The van der Waals surface area contributed by atoms with Crippen molar-refractivity contribution in [2.75, 3.05) is 5.32 Å². The van der Waals surface area contributed by atoms with Gasteiger partial charge in [0.2, 0.25) is 11.8 Å². The van der Waals surface area contributed by atoms with Crippen LogP contribution in [0.1, 0.15) is 19.3 Å². The Morgan fingerprint density at radius 3 is 2.50 bits per heavy atom. The van der Waals surface area contributed by atoms with Crippen LogP contribution in [0.25, 0.3) is 0 Å². The highest BCUT2D eigenvalue weighted by atomic mass is 79.9. The average Bonchev–Trinajstić information content (AvgIpc) is 3.45. The molecule has 0 spiro atoms. The maximum absolute atomic E-state index is 13.1. The molecule has 1 atom stereocenters. The van der Waals surface area contributed by atoms with Crippen molar-refractivity contribution in [3.63, 3.8) is 0 Å². The van der Waals surface area contributed by atoms with Crippen LogP contribution in [-0.4, -0.2) is 33.2 Å². The molecule has 1 saturated carbocycles. The highest BCUT2D eigenvalue weighted by molar-refractivity contribution is 9.10. The third-order valence-corrected chi connectivity index (χ3v) is 6.11. The van der Waals surface area contributed by atoms with Crippen molar-refractivity contribution in [3.8, 4) is 0 Å². The number of aliphatic imine (C=N–C) groups is 1. The molecule has 1 aliphatic carbocycles. The van der Waals surface area contributed by atoms with E-state index < -0.39 is 5.25 Å². The van der Waals surface area contributed by atoms with E-state index in [9.17, 15) is 14.0 Å². The van der Waals surface area contributed by atoms with Gasteiger partial charge in [-0.25, -0.2) is 9.38 Å². The van der Waals surface area contributed by atoms with E-state index in [1.807, 2.05) is 12.1 Å². The Kier molecular flexibility index (Phi) is 5.50. The number of hydrogen-bond donors (Lipinski definition) is 1. The van der Waals surface area contributed by atoms with Crippen LogP contribution in [0, 0.1) is 5.82 Å². The van der Waals surface area contributed by atoms with Crippen molar-refractivity contribution in [1.29, 1.82) is 0 Å². The quantitative estimate of drug-likeness (QED) is 0.700. The monoisotopic (exact) mass is 461 g/mol. The van der Waals surface area contributed by atoms with Crippen LogP contribution in [0.3, 0.4) is 0 Å². The van der Waals surface area contributed by atoms with Crippen LogP contribution >= 0.6 is 27.7 Å². The van der Waals surface area contributed by atoms with E-state index in [-0.39, 0.29) is 30.1 Å². The Labute approximate surface area is 174 Å². The molecular weight excluding hydrogens is 445 g/mol. The molecule has 2 amide bonds. The number of carbonyl (C=O) groups is 2. The first-order valence-corrected chi connectivity index (χ1v) is 10.6. The maximum atomic E-state index is 13.1. The summed E-state index contributed by atoms with van der Waals surface area (Å²) >= 11 is 4.65. The summed E-state index contributed by atoms with van der Waals surface area (Å²) in [5.41, 5.74) is 1.27. The maximum Gasteiger partial charge on any atom is 0.242 e. The number of nitrogens with one attached hydrogen (secondary N) is 1. The summed E-state index contributed by atoms with van der Waals surface area (Å²) in [6.07, 6.45) is 1.95. The predicted octanol–water partition coefficient (Wildman–Crippen LogP) is 4.71. The van der Waals surface area contributed by atoms with Crippen molar-refractivity contribution < 1.29 is 14.0 Å². The minimum Gasteiger partial charge on any atom is -0.326 e. The standard InChI is InChI=1S/C20H17BrFN3O2S/c21-12-1-5-14(6-2-12)23-18(26)11-17-19(27)25(16-9-10-16)20(28-17)24-15-7-3-13(22)4-8-15/h1-8,16-17H,9-11H2,(H,23,26)/t17-/m1/s1. The molecule has 28 heavy (non-hydrogen) atoms. The van der Waals surface area contributed by atoms with Gasteiger partial charge >= 0.3 is 0 Å². The lowest BCUT2D eigenvalue weighted by Crippen LogP contribution is -2.35. The number of halogens is 2. The van der Waals surface area contributed by atoms with Gasteiger partial charge in [-0.15, -0.1) is 0 Å². The van der Waals surface area contributed by atoms with Crippen molar-refractivity contribution >= 4 is 56.0 Å². The SMILES string of the molecule is O=C(C[C@H]1SC(=Nc2ccc(F)cc2)N(C2CC2)C1=O)Nc1ccc(Br)cc1. The molecule has 0 bridgehead atoms. The van der Waals surface area contributed by atoms with Gasteiger partial charge in [-0.2, -0.15) is 0 Å². The lowest BCUT2D eigenvalue weighted by Gasteiger charge is -2.15. The van der Waals surface area contributed by atoms with Gasteiger partial charge in [-0.05, 0) is 61.4 Å². The summed E-state index contributed by atoms with van der Waals surface area (Å²) in [4.78, 5) is 31.5. The van der Waals surface area contributed by atoms with E-state index in [1.165, 1.54) is 23.9 Å². The second kappa shape index (κ2) is 8.05. The molecule has 1 N–H and O–H groups in total. The fraction of sp³-hybridized carbons (Fsp3) is 0.250. The molecule has 2 fully saturated rings. The summed E-state index contributed by atoms with van der Waals surface area (Å²) in [5.74, 6) is -0.632. The number of anilines is 1. The third kappa shape index (κ3) is 4.44. The summed E-state index contributed by atoms with van der Waals surface area (Å²) in [6, 6.07) is 13.3. The van der Waals surface area contributed by atoms with Gasteiger partial charge in [0.15, 0.2) is 5.17 Å². The molecule has 0 aromatic heterocycles. The average molecular weight is 462 g/mol. The molecule has 8 heteroatoms. The summed E-state index contributed by atoms with van der Waals surface area (Å²) in [5, 5.41) is 2.90. The van der Waals surface area contributed by atoms with Gasteiger partial charge in [-0.3, -0.25) is 14.5 Å². The Hall–Kier alpha value is -2.19. The van der Waals surface area contributed by atoms with Crippen LogP contribution in [-0.2, 0) is 9.59 Å². The van der Waals surface area contributed by atoms with Crippen LogP contribution in [0.5, 0.6) is 0 Å². The molecular formula is C20H17BrFN3O2S. The van der Waals surface area contributed by atoms with Crippen LogP contribution < -0.4 is 5.32 Å². The van der Waals surface area contributed by atoms with Crippen molar-refractivity contribution in [2.24, 2.45) is 4.99 Å². The topological polar surface area (TPSA) is 61.8 Å². The fourth-order valence-electron chi connectivity index (χ4n) is 2.90. The Morgan fingerprint density at radius 2 is 1.86 bits per heavy atom. The fourth-order valence-corrected chi connectivity index (χ4v) is 4.38. The first kappa shape index (κ1) is 19.1. The van der Waals surface area contributed by atoms with E-state index in [0.717, 1.165) is 17.3 Å². The Balaban J connectivity index is 1.47. The first-order chi connectivity index (χ1) is 13.5. The normalized spacial score (nSPS) is 20.6. The summed E-state index contributed by atoms with van der Waals surface area (Å²) in [7, 11) is 0. The number of thioether (sulfide) groups is 1. The number of amidine groups is 1. The van der Waals surface area contributed by atoms with E-state index in [0.29, 0.717) is 16.5 Å². The number of nitrogens with zero attached hydrogens (tertiary/aromatic N) is 2. The lowest BCUT2D eigenvalue weighted by atomic mass is 10.2. The van der Waals surface area contributed by atoms with Gasteiger partial charge in [0.25, 0.3) is 0 Å². The molecule has 0 unspecified atom stereocenters. The van der Waals surface area contributed by atoms with E-state index in [4.69, 9.17) is 0 Å². The van der Waals surface area contributed by atoms with E-state index >= 15 is 0 Å². The molecule has 0 radical (unpaired) electrons. The number of carbonyl (C=O) groups excluding carboxylic acids is 2. The molecule has 2 aromatic carbocycles. The van der Waals surface area contributed by atoms with Crippen LogP contribution in [0.4, 0.5) is 15.8 Å². The zero-order valence-corrected chi connectivity index (χ0v) is 17.2. The zero-order valence-electron chi connectivity index (χ0n) is 14.8. The van der Waals surface area contributed by atoms with Gasteiger partial charge in [-0.1, -0.05) is 27.7 Å². The highest BCUT2D eigenvalue weighted by Crippen LogP contribution is 2.39. The van der Waals surface area contributed by atoms with E-state index in [1.54, 1.807) is 29.2 Å². The van der Waals surface area contributed by atoms with Gasteiger partial charge in [0, 0.05) is 22.6 Å². The molecule has 1 heterocycles. The molecule has 2 aliphatic rings. The second-order valence-corrected chi connectivity index (χ2v) is 8.76. The lowest BCUT2D eigenvalue weighted by molar-refractivity contribution is -0.128. The zero-order chi connectivity index (χ0) is 19.7. The summed E-state index contributed by atoms with van der Waals surface area (Å²) in [6.45, 7) is 0. The van der Waals surface area contributed by atoms with Crippen molar-refractivity contribution in [3.05, 3.63) is 58.8 Å². The van der Waals surface area contributed by atoms with E-state index in [2.05, 4.69) is 26.2 Å². The number of rotatable bonds is 5. The van der Waals surface area contributed by atoms with Gasteiger partial charge < -0.3 is 5.32 Å². The molecule has 5 nitrogen and oxygen atoms in total. The second-order valence-electron chi connectivity index (χ2n) is 6.68. The molecule has 4 rings (SSSR count). The number of amides is 2. The van der Waals surface area contributed by atoms with Gasteiger partial charge in [0.05, 0.1) is 5.69 Å². The van der Waals surface area contributed by atoms with Crippen molar-refractivity contribution in [2.45, 2.75) is 30.6 Å². The molecule has 1 saturated heterocycles. The van der Waals surface area contributed by atoms with Crippen molar-refractivity contribution in [1.82, 2.24) is 4.90 Å². The Morgan fingerprint density at radius 1 is 1.18 bits per heavy atom. The number of benzene rings is 2.